The highest BCUT2D eigenvalue weighted by molar-refractivity contribution is 5.94. The van der Waals surface area contributed by atoms with Crippen LogP contribution in [0.4, 0.5) is 0 Å². The lowest BCUT2D eigenvalue weighted by Crippen LogP contribution is -2.17. The van der Waals surface area contributed by atoms with Crippen molar-refractivity contribution in [2.24, 2.45) is 10.9 Å². The van der Waals surface area contributed by atoms with Crippen LogP contribution in [0.15, 0.2) is 53.5 Å². The molecule has 0 aliphatic carbocycles. The van der Waals surface area contributed by atoms with E-state index < -0.39 is 11.9 Å². The monoisotopic (exact) mass is 425 g/mol. The van der Waals surface area contributed by atoms with Crippen molar-refractivity contribution >= 4 is 11.9 Å². The van der Waals surface area contributed by atoms with Gasteiger partial charge in [0, 0.05) is 18.5 Å². The van der Waals surface area contributed by atoms with E-state index in [1.165, 1.54) is 0 Å². The van der Waals surface area contributed by atoms with Crippen molar-refractivity contribution in [2.45, 2.75) is 59.5 Å². The van der Waals surface area contributed by atoms with Gasteiger partial charge >= 0.3 is 5.97 Å². The molecule has 2 rings (SSSR count). The van der Waals surface area contributed by atoms with Crippen molar-refractivity contribution in [2.75, 3.05) is 13.2 Å². The molecule has 0 spiro atoms. The molecule has 0 saturated heterocycles. The maximum absolute atomic E-state index is 11.3. The Hall–Kier alpha value is -2.82. The van der Waals surface area contributed by atoms with E-state index >= 15 is 0 Å². The highest BCUT2D eigenvalue weighted by Gasteiger charge is 2.22. The van der Waals surface area contributed by atoms with Gasteiger partial charge in [-0.2, -0.15) is 0 Å². The molecule has 31 heavy (non-hydrogen) atoms. The second kappa shape index (κ2) is 12.1. The molecule has 5 heteroatoms. The number of carboxylic acids is 1. The minimum absolute atomic E-state index is 0.0480. The maximum Gasteiger partial charge on any atom is 0.306 e. The average Bonchev–Trinajstić information content (AvgIpc) is 2.77. The van der Waals surface area contributed by atoms with Gasteiger partial charge in [-0.3, -0.25) is 9.79 Å². The molecule has 0 heterocycles. The van der Waals surface area contributed by atoms with Gasteiger partial charge in [-0.05, 0) is 61.6 Å². The van der Waals surface area contributed by atoms with Gasteiger partial charge < -0.3 is 14.6 Å². The topological polar surface area (TPSA) is 68.1 Å². The minimum atomic E-state index is -0.772. The Morgan fingerprint density at radius 3 is 2.39 bits per heavy atom. The summed E-state index contributed by atoms with van der Waals surface area (Å²) in [5, 5.41) is 9.31. The SMILES string of the molecule is CCc1cc(OCCCN=C(OC(C)C)c2ccccc2)ccc1C(C)[C@H](C)C(=O)O. The summed E-state index contributed by atoms with van der Waals surface area (Å²) in [7, 11) is 0. The molecule has 0 aromatic heterocycles. The van der Waals surface area contributed by atoms with Crippen molar-refractivity contribution in [3.05, 3.63) is 65.2 Å². The first kappa shape index (κ1) is 24.4. The third kappa shape index (κ3) is 7.42. The van der Waals surface area contributed by atoms with Crippen molar-refractivity contribution in [1.29, 1.82) is 0 Å². The molecule has 0 aliphatic rings. The zero-order valence-electron chi connectivity index (χ0n) is 19.3. The average molecular weight is 426 g/mol. The van der Waals surface area contributed by atoms with Gasteiger partial charge in [0.25, 0.3) is 0 Å². The summed E-state index contributed by atoms with van der Waals surface area (Å²) in [6, 6.07) is 15.9. The van der Waals surface area contributed by atoms with E-state index in [1.54, 1.807) is 6.92 Å². The van der Waals surface area contributed by atoms with Gasteiger partial charge in [0.15, 0.2) is 0 Å². The highest BCUT2D eigenvalue weighted by atomic mass is 16.5. The van der Waals surface area contributed by atoms with E-state index in [9.17, 15) is 9.90 Å². The maximum atomic E-state index is 11.3. The number of benzene rings is 2. The van der Waals surface area contributed by atoms with E-state index in [-0.39, 0.29) is 12.0 Å². The Kier molecular flexibility index (Phi) is 9.57. The molecular formula is C26H35NO4. The minimum Gasteiger partial charge on any atom is -0.494 e. The van der Waals surface area contributed by atoms with Crippen molar-refractivity contribution in [3.63, 3.8) is 0 Å². The van der Waals surface area contributed by atoms with Crippen LogP contribution in [0.3, 0.4) is 0 Å². The van der Waals surface area contributed by atoms with Crippen molar-refractivity contribution in [1.82, 2.24) is 0 Å². The number of nitrogens with zero attached hydrogens (tertiary/aromatic N) is 1. The normalized spacial score (nSPS) is 13.7. The second-order valence-corrected chi connectivity index (χ2v) is 8.05. The first-order valence-electron chi connectivity index (χ1n) is 11.1. The molecule has 1 N–H and O–H groups in total. The fourth-order valence-electron chi connectivity index (χ4n) is 3.34. The van der Waals surface area contributed by atoms with E-state index in [0.717, 1.165) is 35.3 Å². The van der Waals surface area contributed by atoms with Crippen LogP contribution in [0.2, 0.25) is 0 Å². The first-order valence-corrected chi connectivity index (χ1v) is 11.1. The predicted octanol–water partition coefficient (Wildman–Crippen LogP) is 5.71. The molecule has 5 nitrogen and oxygen atoms in total. The number of hydrogen-bond donors (Lipinski definition) is 1. The number of aliphatic carboxylic acids is 1. The summed E-state index contributed by atoms with van der Waals surface area (Å²) >= 11 is 0. The van der Waals surface area contributed by atoms with E-state index in [1.807, 2.05) is 69.3 Å². The lowest BCUT2D eigenvalue weighted by molar-refractivity contribution is -0.141. The quantitative estimate of drug-likeness (QED) is 0.284. The number of aryl methyl sites for hydroxylation is 1. The molecular weight excluding hydrogens is 390 g/mol. The van der Waals surface area contributed by atoms with Crippen LogP contribution in [0.1, 0.15) is 63.6 Å². The predicted molar refractivity (Wildman–Crippen MR) is 125 cm³/mol. The van der Waals surface area contributed by atoms with E-state index in [4.69, 9.17) is 9.47 Å². The highest BCUT2D eigenvalue weighted by Crippen LogP contribution is 2.30. The molecule has 2 aromatic rings. The lowest BCUT2D eigenvalue weighted by Gasteiger charge is -2.20. The molecule has 0 saturated carbocycles. The second-order valence-electron chi connectivity index (χ2n) is 8.05. The Morgan fingerprint density at radius 2 is 1.77 bits per heavy atom. The number of rotatable bonds is 11. The van der Waals surface area contributed by atoms with Gasteiger partial charge in [0.1, 0.15) is 5.75 Å². The van der Waals surface area contributed by atoms with Gasteiger partial charge in [0.2, 0.25) is 5.90 Å². The Balaban J connectivity index is 1.95. The summed E-state index contributed by atoms with van der Waals surface area (Å²) < 4.78 is 11.8. The van der Waals surface area contributed by atoms with Crippen LogP contribution < -0.4 is 4.74 Å². The molecule has 0 fully saturated rings. The number of ether oxygens (including phenoxy) is 2. The molecule has 2 atom stereocenters. The molecule has 0 amide bonds. The van der Waals surface area contributed by atoms with Crippen LogP contribution in [-0.2, 0) is 16.0 Å². The lowest BCUT2D eigenvalue weighted by atomic mass is 9.85. The Bertz CT molecular complexity index is 861. The molecule has 168 valence electrons. The van der Waals surface area contributed by atoms with E-state index in [0.29, 0.717) is 19.0 Å². The summed E-state index contributed by atoms with van der Waals surface area (Å²) in [6.45, 7) is 11.0. The van der Waals surface area contributed by atoms with Gasteiger partial charge in [-0.15, -0.1) is 0 Å². The standard InChI is InChI=1S/C26H35NO4/c1-6-21-17-23(13-14-24(21)19(4)20(5)26(28)29)30-16-10-15-27-25(31-18(2)3)22-11-8-7-9-12-22/h7-9,11-14,17-20H,6,10,15-16H2,1-5H3,(H,28,29)/t19?,20-/m0/s1. The van der Waals surface area contributed by atoms with Crippen LogP contribution in [0.25, 0.3) is 0 Å². The van der Waals surface area contributed by atoms with Crippen molar-refractivity contribution < 1.29 is 19.4 Å². The van der Waals surface area contributed by atoms with Crippen LogP contribution >= 0.6 is 0 Å². The fraction of sp³-hybridized carbons (Fsp3) is 0.462. The third-order valence-corrected chi connectivity index (χ3v) is 5.32. The first-order chi connectivity index (χ1) is 14.8. The van der Waals surface area contributed by atoms with Crippen LogP contribution in [-0.4, -0.2) is 36.2 Å². The zero-order valence-corrected chi connectivity index (χ0v) is 19.3. The van der Waals surface area contributed by atoms with E-state index in [2.05, 4.69) is 11.9 Å². The summed E-state index contributed by atoms with van der Waals surface area (Å²) in [5.41, 5.74) is 3.19. The van der Waals surface area contributed by atoms with Gasteiger partial charge in [-0.25, -0.2) is 0 Å². The third-order valence-electron chi connectivity index (χ3n) is 5.32. The fourth-order valence-corrected chi connectivity index (χ4v) is 3.34. The molecule has 0 bridgehead atoms. The summed E-state index contributed by atoms with van der Waals surface area (Å²) in [6.07, 6.45) is 1.67. The number of carbonyl (C=O) groups is 1. The van der Waals surface area contributed by atoms with Gasteiger partial charge in [0.05, 0.1) is 18.6 Å². The molecule has 0 aliphatic heterocycles. The number of hydrogen-bond acceptors (Lipinski definition) is 4. The number of aliphatic imine (C=N–C) groups is 1. The molecule has 2 aromatic carbocycles. The molecule has 0 radical (unpaired) electrons. The summed E-state index contributed by atoms with van der Waals surface area (Å²) in [5.74, 6) is 0.220. The Labute approximate surface area is 186 Å². The Morgan fingerprint density at radius 1 is 1.06 bits per heavy atom. The smallest absolute Gasteiger partial charge is 0.306 e. The van der Waals surface area contributed by atoms with Crippen LogP contribution in [0.5, 0.6) is 5.75 Å². The summed E-state index contributed by atoms with van der Waals surface area (Å²) in [4.78, 5) is 16.0. The van der Waals surface area contributed by atoms with Gasteiger partial charge in [-0.1, -0.05) is 45.0 Å². The molecule has 1 unspecified atom stereocenters. The van der Waals surface area contributed by atoms with Crippen LogP contribution in [0, 0.1) is 5.92 Å². The zero-order chi connectivity index (χ0) is 22.8. The number of carboxylic acid groups (broad SMARTS) is 1. The van der Waals surface area contributed by atoms with Crippen molar-refractivity contribution in [3.8, 4) is 5.75 Å². The largest absolute Gasteiger partial charge is 0.494 e.